The molecule has 1 aromatic rings. The molecule has 5 heteroatoms. The van der Waals surface area contributed by atoms with E-state index in [0.717, 1.165) is 6.07 Å². The Hall–Kier alpha value is -0.810. The number of hydrogen-bond donors (Lipinski definition) is 3. The van der Waals surface area contributed by atoms with Crippen molar-refractivity contribution >= 4 is 15.9 Å². The standard InChI is InChI=1S/C9H11BrFNO2/c1-12-3-2-5-8(11)6(10)4-7(13)9(5)14/h4,12-14H,2-3H2,1H3. The number of nitrogens with one attached hydrogen (secondary N) is 1. The Morgan fingerprint density at radius 1 is 1.50 bits per heavy atom. The molecule has 1 rings (SSSR count). The minimum atomic E-state index is -0.532. The molecule has 0 aliphatic rings. The van der Waals surface area contributed by atoms with Crippen molar-refractivity contribution in [1.82, 2.24) is 5.32 Å². The molecule has 1 aromatic carbocycles. The molecule has 0 amide bonds. The summed E-state index contributed by atoms with van der Waals surface area (Å²) in [6.07, 6.45) is 0.321. The fourth-order valence-corrected chi connectivity index (χ4v) is 1.59. The third-order valence-corrected chi connectivity index (χ3v) is 2.47. The predicted octanol–water partition coefficient (Wildman–Crippen LogP) is 1.76. The van der Waals surface area contributed by atoms with E-state index in [9.17, 15) is 14.6 Å². The van der Waals surface area contributed by atoms with Crippen LogP contribution in [-0.2, 0) is 6.42 Å². The van der Waals surface area contributed by atoms with E-state index in [1.807, 2.05) is 0 Å². The minimum Gasteiger partial charge on any atom is -0.504 e. The van der Waals surface area contributed by atoms with Crippen LogP contribution >= 0.6 is 15.9 Å². The highest BCUT2D eigenvalue weighted by Crippen LogP contribution is 2.35. The van der Waals surface area contributed by atoms with Gasteiger partial charge in [-0.25, -0.2) is 4.39 Å². The van der Waals surface area contributed by atoms with Crippen molar-refractivity contribution in [3.05, 3.63) is 21.9 Å². The summed E-state index contributed by atoms with van der Waals surface area (Å²) in [7, 11) is 1.73. The third kappa shape index (κ3) is 2.16. The maximum absolute atomic E-state index is 13.4. The number of phenols is 2. The average Bonchev–Trinajstić information content (AvgIpc) is 2.15. The van der Waals surface area contributed by atoms with Gasteiger partial charge in [0, 0.05) is 11.6 Å². The Morgan fingerprint density at radius 2 is 2.14 bits per heavy atom. The van der Waals surface area contributed by atoms with Gasteiger partial charge in [0.1, 0.15) is 5.82 Å². The normalized spacial score (nSPS) is 10.5. The molecule has 14 heavy (non-hydrogen) atoms. The van der Waals surface area contributed by atoms with Gasteiger partial charge in [-0.1, -0.05) is 0 Å². The van der Waals surface area contributed by atoms with Crippen LogP contribution in [0.4, 0.5) is 4.39 Å². The second kappa shape index (κ2) is 4.61. The molecule has 0 unspecified atom stereocenters. The maximum Gasteiger partial charge on any atom is 0.163 e. The molecule has 0 heterocycles. The fraction of sp³-hybridized carbons (Fsp3) is 0.333. The molecular formula is C9H11BrFNO2. The molecule has 0 aliphatic heterocycles. The smallest absolute Gasteiger partial charge is 0.163 e. The molecule has 0 spiro atoms. The first kappa shape index (κ1) is 11.3. The summed E-state index contributed by atoms with van der Waals surface area (Å²) in [6, 6.07) is 1.13. The number of aromatic hydroxyl groups is 2. The number of hydrogen-bond acceptors (Lipinski definition) is 3. The zero-order chi connectivity index (χ0) is 10.7. The van der Waals surface area contributed by atoms with E-state index in [1.54, 1.807) is 7.05 Å². The van der Waals surface area contributed by atoms with Gasteiger partial charge in [-0.05, 0) is 35.9 Å². The monoisotopic (exact) mass is 263 g/mol. The summed E-state index contributed by atoms with van der Waals surface area (Å²) in [5, 5.41) is 21.5. The van der Waals surface area contributed by atoms with Gasteiger partial charge in [-0.15, -0.1) is 0 Å². The highest BCUT2D eigenvalue weighted by Gasteiger charge is 2.15. The van der Waals surface area contributed by atoms with Crippen molar-refractivity contribution < 1.29 is 14.6 Å². The third-order valence-electron chi connectivity index (χ3n) is 1.89. The molecule has 0 aromatic heterocycles. The minimum absolute atomic E-state index is 0.117. The summed E-state index contributed by atoms with van der Waals surface area (Å²) in [4.78, 5) is 0. The predicted molar refractivity (Wildman–Crippen MR) is 55.1 cm³/mol. The molecule has 0 fully saturated rings. The molecule has 0 bridgehead atoms. The Labute approximate surface area is 89.7 Å². The fourth-order valence-electron chi connectivity index (χ4n) is 1.13. The van der Waals surface area contributed by atoms with Crippen molar-refractivity contribution in [1.29, 1.82) is 0 Å². The average molecular weight is 264 g/mol. The number of halogens is 2. The van der Waals surface area contributed by atoms with Gasteiger partial charge in [0.05, 0.1) is 4.47 Å². The van der Waals surface area contributed by atoms with Crippen molar-refractivity contribution in [2.24, 2.45) is 0 Å². The SMILES string of the molecule is CNCCc1c(O)c(O)cc(Br)c1F. The Bertz CT molecular complexity index is 318. The number of rotatable bonds is 3. The molecule has 0 atom stereocenters. The summed E-state index contributed by atoms with van der Waals surface area (Å²) in [5.41, 5.74) is 0.117. The van der Waals surface area contributed by atoms with Crippen LogP contribution < -0.4 is 5.32 Å². The maximum atomic E-state index is 13.4. The van der Waals surface area contributed by atoms with Gasteiger partial charge >= 0.3 is 0 Å². The van der Waals surface area contributed by atoms with Crippen molar-refractivity contribution in [3.8, 4) is 11.5 Å². The number of benzene rings is 1. The zero-order valence-electron chi connectivity index (χ0n) is 7.64. The Kier molecular flexibility index (Phi) is 3.71. The van der Waals surface area contributed by atoms with E-state index >= 15 is 0 Å². The van der Waals surface area contributed by atoms with Gasteiger partial charge < -0.3 is 15.5 Å². The van der Waals surface area contributed by atoms with E-state index < -0.39 is 5.82 Å². The van der Waals surface area contributed by atoms with Gasteiger partial charge in [0.2, 0.25) is 0 Å². The highest BCUT2D eigenvalue weighted by atomic mass is 79.9. The molecule has 0 saturated heterocycles. The van der Waals surface area contributed by atoms with Crippen LogP contribution in [0.1, 0.15) is 5.56 Å². The topological polar surface area (TPSA) is 52.5 Å². The van der Waals surface area contributed by atoms with Crippen molar-refractivity contribution in [3.63, 3.8) is 0 Å². The molecule has 3 N–H and O–H groups in total. The van der Waals surface area contributed by atoms with Crippen LogP contribution in [0.3, 0.4) is 0 Å². The number of phenolic OH excluding ortho intramolecular Hbond substituents is 2. The van der Waals surface area contributed by atoms with E-state index in [1.165, 1.54) is 0 Å². The van der Waals surface area contributed by atoms with E-state index in [4.69, 9.17) is 0 Å². The lowest BCUT2D eigenvalue weighted by Gasteiger charge is -2.08. The number of likely N-dealkylation sites (N-methyl/N-ethyl adjacent to an activating group) is 1. The Balaban J connectivity index is 3.11. The summed E-state index contributed by atoms with van der Waals surface area (Å²) in [6.45, 7) is 0.528. The van der Waals surface area contributed by atoms with Crippen LogP contribution in [0, 0.1) is 5.82 Å². The second-order valence-electron chi connectivity index (χ2n) is 2.87. The van der Waals surface area contributed by atoms with Crippen LogP contribution in [0.15, 0.2) is 10.5 Å². The van der Waals surface area contributed by atoms with Gasteiger partial charge in [0.25, 0.3) is 0 Å². The van der Waals surface area contributed by atoms with E-state index in [-0.39, 0.29) is 21.5 Å². The summed E-state index contributed by atoms with van der Waals surface area (Å²) < 4.78 is 13.6. The first-order valence-corrected chi connectivity index (χ1v) is 4.90. The Morgan fingerprint density at radius 3 is 2.71 bits per heavy atom. The van der Waals surface area contributed by atoms with Gasteiger partial charge in [0.15, 0.2) is 11.5 Å². The van der Waals surface area contributed by atoms with Crippen molar-refractivity contribution in [2.45, 2.75) is 6.42 Å². The van der Waals surface area contributed by atoms with E-state index in [2.05, 4.69) is 21.2 Å². The quantitative estimate of drug-likeness (QED) is 0.729. The second-order valence-corrected chi connectivity index (χ2v) is 3.73. The lowest BCUT2D eigenvalue weighted by atomic mass is 10.1. The first-order chi connectivity index (χ1) is 6.57. The molecule has 0 saturated carbocycles. The summed E-state index contributed by atoms with van der Waals surface area (Å²) in [5.74, 6) is -1.24. The van der Waals surface area contributed by atoms with Gasteiger partial charge in [-0.2, -0.15) is 0 Å². The lowest BCUT2D eigenvalue weighted by Crippen LogP contribution is -2.11. The zero-order valence-corrected chi connectivity index (χ0v) is 9.23. The van der Waals surface area contributed by atoms with Crippen LogP contribution in [-0.4, -0.2) is 23.8 Å². The van der Waals surface area contributed by atoms with Crippen LogP contribution in [0.2, 0.25) is 0 Å². The van der Waals surface area contributed by atoms with Gasteiger partial charge in [-0.3, -0.25) is 0 Å². The first-order valence-electron chi connectivity index (χ1n) is 4.11. The van der Waals surface area contributed by atoms with Crippen LogP contribution in [0.5, 0.6) is 11.5 Å². The summed E-state index contributed by atoms with van der Waals surface area (Å²) >= 11 is 2.96. The van der Waals surface area contributed by atoms with Crippen LogP contribution in [0.25, 0.3) is 0 Å². The molecule has 0 aliphatic carbocycles. The van der Waals surface area contributed by atoms with E-state index in [0.29, 0.717) is 13.0 Å². The molecule has 78 valence electrons. The lowest BCUT2D eigenvalue weighted by molar-refractivity contribution is 0.392. The molecular weight excluding hydrogens is 253 g/mol. The highest BCUT2D eigenvalue weighted by molar-refractivity contribution is 9.10. The van der Waals surface area contributed by atoms with Crippen molar-refractivity contribution in [2.75, 3.05) is 13.6 Å². The largest absolute Gasteiger partial charge is 0.504 e. The molecule has 0 radical (unpaired) electrons. The molecule has 3 nitrogen and oxygen atoms in total.